The summed E-state index contributed by atoms with van der Waals surface area (Å²) in [6.07, 6.45) is -0.557. The van der Waals surface area contributed by atoms with Gasteiger partial charge in [0.2, 0.25) is 0 Å². The molecule has 1 aliphatic rings. The third-order valence-electron chi connectivity index (χ3n) is 2.42. The molecule has 0 radical (unpaired) electrons. The molecule has 1 fully saturated rings. The van der Waals surface area contributed by atoms with E-state index in [1.54, 1.807) is 25.6 Å². The summed E-state index contributed by atoms with van der Waals surface area (Å²) >= 11 is 1.72. The second-order valence-electron chi connectivity index (χ2n) is 3.92. The molecule has 76 valence electrons. The summed E-state index contributed by atoms with van der Waals surface area (Å²) in [5.74, 6) is 0.923. The van der Waals surface area contributed by atoms with Crippen LogP contribution in [0.1, 0.15) is 27.7 Å². The molecule has 1 N–H and O–H groups in total. The highest BCUT2D eigenvalue weighted by Crippen LogP contribution is 2.39. The third-order valence-corrected chi connectivity index (χ3v) is 3.82. The van der Waals surface area contributed by atoms with Crippen molar-refractivity contribution in [3.05, 3.63) is 0 Å². The molecule has 4 heteroatoms. The first-order valence-corrected chi connectivity index (χ1v) is 5.45. The van der Waals surface area contributed by atoms with E-state index in [-0.39, 0.29) is 16.7 Å². The SMILES string of the molecule is CC(=O)C1CSC(C)(C)N1C(C)O. The smallest absolute Gasteiger partial charge is 0.147 e. The minimum atomic E-state index is -0.557. The minimum absolute atomic E-state index is 0.125. The maximum atomic E-state index is 11.3. The number of aliphatic hydroxyl groups excluding tert-OH is 1. The van der Waals surface area contributed by atoms with Gasteiger partial charge in [-0.1, -0.05) is 0 Å². The van der Waals surface area contributed by atoms with Crippen LogP contribution < -0.4 is 0 Å². The zero-order valence-electron chi connectivity index (χ0n) is 8.57. The largest absolute Gasteiger partial charge is 0.379 e. The molecule has 0 amide bonds. The number of thioether (sulfide) groups is 1. The van der Waals surface area contributed by atoms with Gasteiger partial charge in [-0.2, -0.15) is 0 Å². The Bertz CT molecular complexity index is 216. The van der Waals surface area contributed by atoms with Gasteiger partial charge in [0.15, 0.2) is 0 Å². The van der Waals surface area contributed by atoms with Gasteiger partial charge in [0.25, 0.3) is 0 Å². The molecule has 0 aromatic heterocycles. The maximum absolute atomic E-state index is 11.3. The van der Waals surface area contributed by atoms with Gasteiger partial charge in [-0.15, -0.1) is 11.8 Å². The van der Waals surface area contributed by atoms with E-state index in [1.165, 1.54) is 0 Å². The number of carbonyl (C=O) groups excluding carboxylic acids is 1. The third kappa shape index (κ3) is 2.06. The summed E-state index contributed by atoms with van der Waals surface area (Å²) in [7, 11) is 0. The summed E-state index contributed by atoms with van der Waals surface area (Å²) in [5, 5.41) is 9.57. The number of Topliss-reactive ketones (excluding diaryl/α,β-unsaturated/α-hetero) is 1. The molecule has 13 heavy (non-hydrogen) atoms. The van der Waals surface area contributed by atoms with Crippen molar-refractivity contribution in [3.8, 4) is 0 Å². The number of hydrogen-bond acceptors (Lipinski definition) is 4. The number of carbonyl (C=O) groups is 1. The summed E-state index contributed by atoms with van der Waals surface area (Å²) in [6, 6.07) is -0.125. The summed E-state index contributed by atoms with van der Waals surface area (Å²) in [6.45, 7) is 7.37. The van der Waals surface area contributed by atoms with Crippen LogP contribution in [0.25, 0.3) is 0 Å². The van der Waals surface area contributed by atoms with Crippen LogP contribution in [0, 0.1) is 0 Å². The van der Waals surface area contributed by atoms with E-state index < -0.39 is 6.23 Å². The zero-order valence-corrected chi connectivity index (χ0v) is 9.39. The van der Waals surface area contributed by atoms with E-state index in [0.717, 1.165) is 5.75 Å². The Morgan fingerprint density at radius 1 is 1.69 bits per heavy atom. The van der Waals surface area contributed by atoms with Gasteiger partial charge < -0.3 is 5.11 Å². The van der Waals surface area contributed by atoms with Crippen LogP contribution in [0.4, 0.5) is 0 Å². The lowest BCUT2D eigenvalue weighted by molar-refractivity contribution is -0.127. The molecular weight excluding hydrogens is 186 g/mol. The van der Waals surface area contributed by atoms with Crippen LogP contribution in [-0.2, 0) is 4.79 Å². The lowest BCUT2D eigenvalue weighted by Gasteiger charge is -2.35. The highest BCUT2D eigenvalue weighted by atomic mass is 32.2. The van der Waals surface area contributed by atoms with Crippen molar-refractivity contribution >= 4 is 17.5 Å². The molecule has 1 saturated heterocycles. The van der Waals surface area contributed by atoms with Gasteiger partial charge >= 0.3 is 0 Å². The normalized spacial score (nSPS) is 30.4. The van der Waals surface area contributed by atoms with E-state index in [1.807, 2.05) is 18.7 Å². The minimum Gasteiger partial charge on any atom is -0.379 e. The Kier molecular flexibility index (Phi) is 3.05. The standard InChI is InChI=1S/C9H17NO2S/c1-6(11)8-5-13-9(3,4)10(8)7(2)12/h7-8,12H,5H2,1-4H3. The number of aliphatic hydroxyl groups is 1. The molecular formula is C9H17NO2S. The van der Waals surface area contributed by atoms with Crippen molar-refractivity contribution in [2.75, 3.05) is 5.75 Å². The number of nitrogens with zero attached hydrogens (tertiary/aromatic N) is 1. The average molecular weight is 203 g/mol. The Balaban J connectivity index is 2.86. The molecule has 1 rings (SSSR count). The second-order valence-corrected chi connectivity index (χ2v) is 5.54. The molecule has 0 saturated carbocycles. The molecule has 0 aromatic rings. The Morgan fingerprint density at radius 3 is 2.54 bits per heavy atom. The molecule has 0 aromatic carbocycles. The first-order chi connectivity index (χ1) is 5.86. The average Bonchev–Trinajstić information content (AvgIpc) is 2.24. The Morgan fingerprint density at radius 2 is 2.23 bits per heavy atom. The summed E-state index contributed by atoms with van der Waals surface area (Å²) in [4.78, 5) is 13.0. The van der Waals surface area contributed by atoms with Gasteiger partial charge in [0, 0.05) is 5.75 Å². The molecule has 1 aliphatic heterocycles. The van der Waals surface area contributed by atoms with E-state index in [9.17, 15) is 9.90 Å². The number of ketones is 1. The molecule has 0 spiro atoms. The lowest BCUT2D eigenvalue weighted by atomic mass is 10.1. The molecule has 3 nitrogen and oxygen atoms in total. The van der Waals surface area contributed by atoms with Crippen LogP contribution in [0.5, 0.6) is 0 Å². The fourth-order valence-corrected chi connectivity index (χ4v) is 3.23. The zero-order chi connectivity index (χ0) is 10.2. The summed E-state index contributed by atoms with van der Waals surface area (Å²) < 4.78 is 0. The van der Waals surface area contributed by atoms with E-state index >= 15 is 0 Å². The number of rotatable bonds is 2. The van der Waals surface area contributed by atoms with Crippen LogP contribution in [0.2, 0.25) is 0 Å². The van der Waals surface area contributed by atoms with Crippen molar-refractivity contribution in [2.24, 2.45) is 0 Å². The van der Waals surface area contributed by atoms with Crippen molar-refractivity contribution in [2.45, 2.75) is 44.8 Å². The fraction of sp³-hybridized carbons (Fsp3) is 0.889. The van der Waals surface area contributed by atoms with Crippen LogP contribution >= 0.6 is 11.8 Å². The van der Waals surface area contributed by atoms with Crippen molar-refractivity contribution in [1.29, 1.82) is 0 Å². The maximum Gasteiger partial charge on any atom is 0.147 e. The molecule has 1 heterocycles. The first kappa shape index (κ1) is 11.0. The Labute approximate surface area is 83.5 Å². The van der Waals surface area contributed by atoms with Gasteiger partial charge in [-0.3, -0.25) is 9.69 Å². The summed E-state index contributed by atoms with van der Waals surface area (Å²) in [5.41, 5.74) is 0. The van der Waals surface area contributed by atoms with E-state index in [4.69, 9.17) is 0 Å². The predicted octanol–water partition coefficient (Wildman–Crippen LogP) is 1.07. The fourth-order valence-electron chi connectivity index (χ4n) is 1.84. The first-order valence-electron chi connectivity index (χ1n) is 4.47. The van der Waals surface area contributed by atoms with Crippen molar-refractivity contribution in [1.82, 2.24) is 4.90 Å². The molecule has 0 aliphatic carbocycles. The molecule has 0 bridgehead atoms. The quantitative estimate of drug-likeness (QED) is 0.729. The predicted molar refractivity (Wildman–Crippen MR) is 54.5 cm³/mol. The molecule has 2 unspecified atom stereocenters. The monoisotopic (exact) mass is 203 g/mol. The Hall–Kier alpha value is -0.0600. The van der Waals surface area contributed by atoms with Crippen molar-refractivity contribution < 1.29 is 9.90 Å². The van der Waals surface area contributed by atoms with Gasteiger partial charge in [0.05, 0.1) is 10.9 Å². The highest BCUT2D eigenvalue weighted by Gasteiger charge is 2.44. The molecule has 2 atom stereocenters. The van der Waals surface area contributed by atoms with Gasteiger partial charge in [-0.05, 0) is 27.7 Å². The van der Waals surface area contributed by atoms with E-state index in [2.05, 4.69) is 0 Å². The highest BCUT2D eigenvalue weighted by molar-refractivity contribution is 8.00. The van der Waals surface area contributed by atoms with Gasteiger partial charge in [-0.25, -0.2) is 0 Å². The lowest BCUT2D eigenvalue weighted by Crippen LogP contribution is -2.50. The van der Waals surface area contributed by atoms with Crippen LogP contribution in [0.15, 0.2) is 0 Å². The van der Waals surface area contributed by atoms with Crippen molar-refractivity contribution in [3.63, 3.8) is 0 Å². The second kappa shape index (κ2) is 3.59. The van der Waals surface area contributed by atoms with Crippen LogP contribution in [-0.4, -0.2) is 38.7 Å². The van der Waals surface area contributed by atoms with Crippen LogP contribution in [0.3, 0.4) is 0 Å². The topological polar surface area (TPSA) is 40.5 Å². The number of hydrogen-bond donors (Lipinski definition) is 1. The van der Waals surface area contributed by atoms with E-state index in [0.29, 0.717) is 0 Å². The van der Waals surface area contributed by atoms with Gasteiger partial charge in [0.1, 0.15) is 12.0 Å².